The number of nitrogens with one attached hydrogen (secondary N) is 1. The Morgan fingerprint density at radius 3 is 2.53 bits per heavy atom. The Hall–Kier alpha value is -3.24. The van der Waals surface area contributed by atoms with Crippen LogP contribution in [0.2, 0.25) is 0 Å². The van der Waals surface area contributed by atoms with Gasteiger partial charge in [0.15, 0.2) is 5.16 Å². The van der Waals surface area contributed by atoms with Crippen LogP contribution in [-0.2, 0) is 16.1 Å². The largest absolute Gasteiger partial charge is 0.339 e. The predicted molar refractivity (Wildman–Crippen MR) is 129 cm³/mol. The molecule has 2 amide bonds. The van der Waals surface area contributed by atoms with Crippen LogP contribution in [0.5, 0.6) is 0 Å². The number of piperazine rings is 1. The van der Waals surface area contributed by atoms with Crippen LogP contribution in [0, 0.1) is 12.7 Å². The molecule has 178 valence electrons. The molecule has 8 nitrogen and oxygen atoms in total. The molecule has 34 heavy (non-hydrogen) atoms. The summed E-state index contributed by atoms with van der Waals surface area (Å²) in [5, 5.41) is 11.9. The maximum atomic E-state index is 13.3. The predicted octanol–water partition coefficient (Wildman–Crippen LogP) is 2.65. The number of nitrogens with zero attached hydrogens (tertiary/aromatic N) is 5. The maximum absolute atomic E-state index is 13.3. The summed E-state index contributed by atoms with van der Waals surface area (Å²) in [5.74, 6) is 0.544. The number of aromatic nitrogens is 3. The fourth-order valence-electron chi connectivity index (χ4n) is 3.76. The van der Waals surface area contributed by atoms with Crippen LogP contribution in [0.15, 0.2) is 59.8 Å². The molecule has 1 fully saturated rings. The number of rotatable bonds is 8. The lowest BCUT2D eigenvalue weighted by Gasteiger charge is -2.34. The zero-order valence-electron chi connectivity index (χ0n) is 19.0. The van der Waals surface area contributed by atoms with Crippen molar-refractivity contribution in [1.82, 2.24) is 24.6 Å². The molecule has 0 bridgehead atoms. The number of carbonyl (C=O) groups is 2. The molecule has 1 aromatic heterocycles. The van der Waals surface area contributed by atoms with Crippen molar-refractivity contribution in [3.8, 4) is 0 Å². The first-order valence-electron chi connectivity index (χ1n) is 11.1. The Balaban J connectivity index is 1.23. The van der Waals surface area contributed by atoms with Gasteiger partial charge in [0.1, 0.15) is 11.6 Å². The van der Waals surface area contributed by atoms with Crippen molar-refractivity contribution in [2.45, 2.75) is 18.6 Å². The summed E-state index contributed by atoms with van der Waals surface area (Å²) in [6, 6.07) is 15.9. The number of thioether (sulfide) groups is 1. The third-order valence-corrected chi connectivity index (χ3v) is 6.56. The minimum atomic E-state index is -0.392. The average molecular weight is 483 g/mol. The number of benzene rings is 2. The van der Waals surface area contributed by atoms with Crippen molar-refractivity contribution < 1.29 is 14.0 Å². The Bertz CT molecular complexity index is 1130. The molecule has 0 atom stereocenters. The van der Waals surface area contributed by atoms with Crippen LogP contribution in [0.25, 0.3) is 0 Å². The van der Waals surface area contributed by atoms with Crippen LogP contribution < -0.4 is 5.32 Å². The van der Waals surface area contributed by atoms with Crippen LogP contribution in [-0.4, -0.2) is 74.9 Å². The van der Waals surface area contributed by atoms with Crippen LogP contribution in [0.3, 0.4) is 0 Å². The van der Waals surface area contributed by atoms with Gasteiger partial charge in [0, 0.05) is 31.9 Å². The number of halogens is 1. The molecule has 2 aromatic carbocycles. The minimum absolute atomic E-state index is 0.0424. The van der Waals surface area contributed by atoms with Crippen molar-refractivity contribution in [1.29, 1.82) is 0 Å². The highest BCUT2D eigenvalue weighted by molar-refractivity contribution is 7.99. The Morgan fingerprint density at radius 1 is 1.03 bits per heavy atom. The molecule has 4 rings (SSSR count). The molecule has 0 spiro atoms. The standard InChI is InChI=1S/C24H27FN6O2S/c1-18-27-28-24(31(18)15-19-6-3-2-4-7-19)34-17-23(33)30-12-10-29(11-13-30)16-22(32)26-21-9-5-8-20(25)14-21/h2-9,14H,10-13,15-17H2,1H3,(H,26,32). The minimum Gasteiger partial charge on any atom is -0.339 e. The van der Waals surface area contributed by atoms with Gasteiger partial charge < -0.3 is 14.8 Å². The molecule has 0 saturated carbocycles. The number of anilines is 1. The zero-order valence-corrected chi connectivity index (χ0v) is 19.8. The molecule has 0 radical (unpaired) electrons. The number of hydrogen-bond donors (Lipinski definition) is 1. The first-order chi connectivity index (χ1) is 16.5. The molecule has 1 N–H and O–H groups in total. The highest BCUT2D eigenvalue weighted by atomic mass is 32.2. The normalized spacial score (nSPS) is 14.2. The quantitative estimate of drug-likeness (QED) is 0.497. The smallest absolute Gasteiger partial charge is 0.238 e. The second-order valence-electron chi connectivity index (χ2n) is 8.11. The molecule has 2 heterocycles. The first-order valence-corrected chi connectivity index (χ1v) is 12.1. The molecular formula is C24H27FN6O2S. The summed E-state index contributed by atoms with van der Waals surface area (Å²) < 4.78 is 15.3. The summed E-state index contributed by atoms with van der Waals surface area (Å²) in [7, 11) is 0. The van der Waals surface area contributed by atoms with Gasteiger partial charge in [-0.25, -0.2) is 4.39 Å². The lowest BCUT2D eigenvalue weighted by atomic mass is 10.2. The molecule has 1 aliphatic heterocycles. The van der Waals surface area contributed by atoms with Crippen molar-refractivity contribution in [2.75, 3.05) is 43.8 Å². The average Bonchev–Trinajstić information content (AvgIpc) is 3.17. The van der Waals surface area contributed by atoms with E-state index in [2.05, 4.69) is 27.6 Å². The van der Waals surface area contributed by atoms with Gasteiger partial charge in [-0.05, 0) is 30.7 Å². The van der Waals surface area contributed by atoms with Gasteiger partial charge in [-0.2, -0.15) is 0 Å². The fourth-order valence-corrected chi connectivity index (χ4v) is 4.65. The summed E-state index contributed by atoms with van der Waals surface area (Å²) >= 11 is 1.39. The van der Waals surface area contributed by atoms with E-state index in [-0.39, 0.29) is 24.1 Å². The number of amides is 2. The van der Waals surface area contributed by atoms with Gasteiger partial charge in [-0.15, -0.1) is 10.2 Å². The fraction of sp³-hybridized carbons (Fsp3) is 0.333. The van der Waals surface area contributed by atoms with Crippen molar-refractivity contribution in [2.24, 2.45) is 0 Å². The van der Waals surface area contributed by atoms with E-state index >= 15 is 0 Å². The maximum Gasteiger partial charge on any atom is 0.238 e. The Kier molecular flexibility index (Phi) is 7.91. The lowest BCUT2D eigenvalue weighted by Crippen LogP contribution is -2.50. The number of carbonyl (C=O) groups excluding carboxylic acids is 2. The molecule has 10 heteroatoms. The third-order valence-electron chi connectivity index (χ3n) is 5.61. The van der Waals surface area contributed by atoms with Gasteiger partial charge in [0.2, 0.25) is 11.8 Å². The Morgan fingerprint density at radius 2 is 1.79 bits per heavy atom. The van der Waals surface area contributed by atoms with Crippen molar-refractivity contribution in [3.05, 3.63) is 71.8 Å². The van der Waals surface area contributed by atoms with E-state index in [1.807, 2.05) is 39.5 Å². The van der Waals surface area contributed by atoms with Crippen molar-refractivity contribution >= 4 is 29.3 Å². The van der Waals surface area contributed by atoms with E-state index in [4.69, 9.17) is 0 Å². The molecule has 1 aliphatic rings. The lowest BCUT2D eigenvalue weighted by molar-refractivity contribution is -0.130. The van der Waals surface area contributed by atoms with Gasteiger partial charge in [-0.1, -0.05) is 48.2 Å². The number of hydrogen-bond acceptors (Lipinski definition) is 6. The highest BCUT2D eigenvalue weighted by Gasteiger charge is 2.23. The zero-order chi connectivity index (χ0) is 23.9. The van der Waals surface area contributed by atoms with Gasteiger partial charge >= 0.3 is 0 Å². The molecule has 0 unspecified atom stereocenters. The Labute approximate surface area is 202 Å². The first kappa shape index (κ1) is 23.9. The highest BCUT2D eigenvalue weighted by Crippen LogP contribution is 2.19. The van der Waals surface area contributed by atoms with Crippen LogP contribution >= 0.6 is 11.8 Å². The molecule has 1 saturated heterocycles. The summed E-state index contributed by atoms with van der Waals surface area (Å²) in [6.45, 7) is 5.10. The van der Waals surface area contributed by atoms with Gasteiger partial charge in [0.05, 0.1) is 18.8 Å². The third kappa shape index (κ3) is 6.42. The van der Waals surface area contributed by atoms with E-state index < -0.39 is 5.82 Å². The van der Waals surface area contributed by atoms with Gasteiger partial charge in [0.25, 0.3) is 0 Å². The van der Waals surface area contributed by atoms with Gasteiger partial charge in [-0.3, -0.25) is 14.5 Å². The van der Waals surface area contributed by atoms with E-state index in [1.54, 1.807) is 12.1 Å². The van der Waals surface area contributed by atoms with Crippen LogP contribution in [0.4, 0.5) is 10.1 Å². The molecule has 0 aliphatic carbocycles. The monoisotopic (exact) mass is 482 g/mol. The van der Waals surface area contributed by atoms with Crippen molar-refractivity contribution in [3.63, 3.8) is 0 Å². The van der Waals surface area contributed by atoms with E-state index in [1.165, 1.54) is 23.9 Å². The van der Waals surface area contributed by atoms with E-state index in [9.17, 15) is 14.0 Å². The second kappa shape index (κ2) is 11.3. The second-order valence-corrected chi connectivity index (χ2v) is 9.05. The van der Waals surface area contributed by atoms with E-state index in [0.717, 1.165) is 16.5 Å². The summed E-state index contributed by atoms with van der Waals surface area (Å²) in [6.07, 6.45) is 0. The van der Waals surface area contributed by atoms with Crippen LogP contribution in [0.1, 0.15) is 11.4 Å². The SMILES string of the molecule is Cc1nnc(SCC(=O)N2CCN(CC(=O)Nc3cccc(F)c3)CC2)n1Cc1ccccc1. The summed E-state index contributed by atoms with van der Waals surface area (Å²) in [4.78, 5) is 28.8. The molecular weight excluding hydrogens is 455 g/mol. The topological polar surface area (TPSA) is 83.4 Å². The molecule has 3 aromatic rings. The summed E-state index contributed by atoms with van der Waals surface area (Å²) in [5.41, 5.74) is 1.59. The number of aryl methyl sites for hydroxylation is 1. The van der Waals surface area contributed by atoms with E-state index in [0.29, 0.717) is 38.4 Å².